The van der Waals surface area contributed by atoms with E-state index in [0.29, 0.717) is 17.8 Å². The Hall–Kier alpha value is -0.560. The predicted octanol–water partition coefficient (Wildman–Crippen LogP) is 5.83. The van der Waals surface area contributed by atoms with E-state index in [2.05, 4.69) is 67.9 Å². The number of hydrogen-bond donors (Lipinski definition) is 0. The van der Waals surface area contributed by atoms with E-state index in [1.807, 2.05) is 0 Å². The van der Waals surface area contributed by atoms with Crippen molar-refractivity contribution in [1.82, 2.24) is 0 Å². The molecular weight excluding hydrogens is 284 g/mol. The van der Waals surface area contributed by atoms with Crippen molar-refractivity contribution in [1.29, 1.82) is 0 Å². The number of allylic oxidation sites excluding steroid dienone is 1. The van der Waals surface area contributed by atoms with E-state index < -0.39 is 0 Å². The molecule has 1 aromatic carbocycles. The number of halogens is 1. The Morgan fingerprint density at radius 2 is 1.67 bits per heavy atom. The van der Waals surface area contributed by atoms with Crippen LogP contribution < -0.4 is 0 Å². The molecule has 1 heteroatoms. The summed E-state index contributed by atoms with van der Waals surface area (Å²) in [4.78, 5) is 0. The lowest BCUT2D eigenvalue weighted by Gasteiger charge is -2.21. The lowest BCUT2D eigenvalue weighted by Crippen LogP contribution is -2.05. The van der Waals surface area contributed by atoms with Gasteiger partial charge < -0.3 is 0 Å². The zero-order chi connectivity index (χ0) is 13.3. The van der Waals surface area contributed by atoms with Crippen molar-refractivity contribution in [3.8, 4) is 0 Å². The van der Waals surface area contributed by atoms with Gasteiger partial charge in [-0.1, -0.05) is 67.9 Å². The molecule has 0 fully saturated rings. The molecule has 0 N–H and O–H groups in total. The molecule has 1 unspecified atom stereocenters. The molecule has 98 valence electrons. The van der Waals surface area contributed by atoms with E-state index in [0.717, 1.165) is 5.33 Å². The zero-order valence-electron chi connectivity index (χ0n) is 11.8. The van der Waals surface area contributed by atoms with Crippen molar-refractivity contribution in [2.75, 3.05) is 5.33 Å². The van der Waals surface area contributed by atoms with Crippen LogP contribution in [0.25, 0.3) is 6.08 Å². The standard InChI is InChI=1S/C17H23Br/c1-11(2)14-7-8-15(12(3)4)17-13(9-10-18)5-6-16(14)17/h5-8,11-13H,9-10H2,1-4H3. The third-order valence-corrected chi connectivity index (χ3v) is 4.34. The summed E-state index contributed by atoms with van der Waals surface area (Å²) in [7, 11) is 0. The van der Waals surface area contributed by atoms with Crippen molar-refractivity contribution in [3.63, 3.8) is 0 Å². The van der Waals surface area contributed by atoms with Crippen LogP contribution in [0.3, 0.4) is 0 Å². The van der Waals surface area contributed by atoms with Gasteiger partial charge in [0.15, 0.2) is 0 Å². The number of alkyl halides is 1. The Morgan fingerprint density at radius 1 is 1.06 bits per heavy atom. The maximum atomic E-state index is 3.59. The molecule has 0 spiro atoms. The lowest BCUT2D eigenvalue weighted by molar-refractivity contribution is 0.770. The van der Waals surface area contributed by atoms with Gasteiger partial charge in [-0.05, 0) is 40.5 Å². The number of fused-ring (bicyclic) bond motifs is 1. The monoisotopic (exact) mass is 306 g/mol. The summed E-state index contributed by atoms with van der Waals surface area (Å²) >= 11 is 3.59. The van der Waals surface area contributed by atoms with Gasteiger partial charge in [-0.25, -0.2) is 0 Å². The van der Waals surface area contributed by atoms with Crippen LogP contribution in [-0.4, -0.2) is 5.33 Å². The Kier molecular flexibility index (Phi) is 4.32. The first-order valence-electron chi connectivity index (χ1n) is 6.97. The molecule has 0 nitrogen and oxygen atoms in total. The van der Waals surface area contributed by atoms with Crippen molar-refractivity contribution in [2.24, 2.45) is 0 Å². The van der Waals surface area contributed by atoms with Crippen LogP contribution in [0.4, 0.5) is 0 Å². The summed E-state index contributed by atoms with van der Waals surface area (Å²) in [6.45, 7) is 9.18. The van der Waals surface area contributed by atoms with Gasteiger partial charge in [-0.15, -0.1) is 0 Å². The lowest BCUT2D eigenvalue weighted by atomic mass is 9.84. The highest BCUT2D eigenvalue weighted by atomic mass is 79.9. The van der Waals surface area contributed by atoms with Gasteiger partial charge >= 0.3 is 0 Å². The normalized spacial score (nSPS) is 17.8. The molecular formula is C17H23Br. The molecule has 0 amide bonds. The third kappa shape index (κ3) is 2.42. The first-order valence-corrected chi connectivity index (χ1v) is 8.09. The van der Waals surface area contributed by atoms with Gasteiger partial charge in [-0.2, -0.15) is 0 Å². The van der Waals surface area contributed by atoms with E-state index in [9.17, 15) is 0 Å². The van der Waals surface area contributed by atoms with Crippen molar-refractivity contribution in [2.45, 2.75) is 51.9 Å². The van der Waals surface area contributed by atoms with Gasteiger partial charge in [0.05, 0.1) is 0 Å². The Labute approximate surface area is 120 Å². The molecule has 0 saturated carbocycles. The van der Waals surface area contributed by atoms with Crippen LogP contribution in [0.15, 0.2) is 18.2 Å². The smallest absolute Gasteiger partial charge is 0.00401 e. The predicted molar refractivity (Wildman–Crippen MR) is 84.8 cm³/mol. The number of hydrogen-bond acceptors (Lipinski definition) is 0. The van der Waals surface area contributed by atoms with Gasteiger partial charge in [0, 0.05) is 11.2 Å². The number of rotatable bonds is 4. The maximum absolute atomic E-state index is 3.59. The molecule has 1 aliphatic carbocycles. The minimum atomic E-state index is 0.604. The van der Waals surface area contributed by atoms with Crippen LogP contribution >= 0.6 is 15.9 Å². The molecule has 0 heterocycles. The zero-order valence-corrected chi connectivity index (χ0v) is 13.4. The molecule has 0 radical (unpaired) electrons. The van der Waals surface area contributed by atoms with Crippen LogP contribution in [0.5, 0.6) is 0 Å². The molecule has 0 saturated heterocycles. The molecule has 18 heavy (non-hydrogen) atoms. The molecule has 1 atom stereocenters. The summed E-state index contributed by atoms with van der Waals surface area (Å²) < 4.78 is 0. The first kappa shape index (κ1) is 13.9. The van der Waals surface area contributed by atoms with Crippen molar-refractivity contribution < 1.29 is 0 Å². The van der Waals surface area contributed by atoms with Crippen LogP contribution in [0.2, 0.25) is 0 Å². The second-order valence-electron chi connectivity index (χ2n) is 5.82. The molecule has 2 rings (SSSR count). The first-order chi connectivity index (χ1) is 8.56. The topological polar surface area (TPSA) is 0 Å². The Bertz CT molecular complexity index is 455. The van der Waals surface area contributed by atoms with Crippen LogP contribution in [0.1, 0.15) is 74.1 Å². The van der Waals surface area contributed by atoms with E-state index >= 15 is 0 Å². The molecule has 0 bridgehead atoms. The van der Waals surface area contributed by atoms with E-state index in [-0.39, 0.29) is 0 Å². The highest BCUT2D eigenvalue weighted by molar-refractivity contribution is 9.09. The molecule has 1 aliphatic rings. The van der Waals surface area contributed by atoms with Gasteiger partial charge in [0.1, 0.15) is 0 Å². The summed E-state index contributed by atoms with van der Waals surface area (Å²) in [5.41, 5.74) is 6.13. The highest BCUT2D eigenvalue weighted by Gasteiger charge is 2.24. The van der Waals surface area contributed by atoms with Crippen molar-refractivity contribution >= 4 is 22.0 Å². The van der Waals surface area contributed by atoms with Gasteiger partial charge in [0.25, 0.3) is 0 Å². The Balaban J connectivity index is 2.55. The van der Waals surface area contributed by atoms with E-state index in [1.54, 1.807) is 5.56 Å². The fourth-order valence-corrected chi connectivity index (χ4v) is 3.44. The molecule has 0 aromatic heterocycles. The maximum Gasteiger partial charge on any atom is 0.00401 e. The summed E-state index contributed by atoms with van der Waals surface area (Å²) in [5.74, 6) is 1.82. The third-order valence-electron chi connectivity index (χ3n) is 3.88. The van der Waals surface area contributed by atoms with Crippen LogP contribution in [0, 0.1) is 0 Å². The quantitative estimate of drug-likeness (QED) is 0.614. The SMILES string of the molecule is CC(C)c1ccc(C(C)C)c2c1C=CC2CCBr. The van der Waals surface area contributed by atoms with Gasteiger partial charge in [-0.3, -0.25) is 0 Å². The summed E-state index contributed by atoms with van der Waals surface area (Å²) in [5, 5.41) is 1.07. The fraction of sp³-hybridized carbons (Fsp3) is 0.529. The minimum Gasteiger partial charge on any atom is -0.0928 e. The van der Waals surface area contributed by atoms with Gasteiger partial charge in [0.2, 0.25) is 0 Å². The average Bonchev–Trinajstić information content (AvgIpc) is 2.72. The molecule has 0 aliphatic heterocycles. The highest BCUT2D eigenvalue weighted by Crippen LogP contribution is 2.41. The number of benzene rings is 1. The second kappa shape index (κ2) is 5.61. The fourth-order valence-electron chi connectivity index (χ4n) is 2.94. The summed E-state index contributed by atoms with van der Waals surface area (Å²) in [6, 6.07) is 4.69. The largest absolute Gasteiger partial charge is 0.0928 e. The van der Waals surface area contributed by atoms with E-state index in [1.165, 1.54) is 23.1 Å². The Morgan fingerprint density at radius 3 is 2.22 bits per heavy atom. The minimum absolute atomic E-state index is 0.604. The average molecular weight is 307 g/mol. The second-order valence-corrected chi connectivity index (χ2v) is 6.62. The molecule has 1 aromatic rings. The summed E-state index contributed by atoms with van der Waals surface area (Å²) in [6.07, 6.45) is 5.94. The van der Waals surface area contributed by atoms with Crippen LogP contribution in [-0.2, 0) is 0 Å². The van der Waals surface area contributed by atoms with Crippen molar-refractivity contribution in [3.05, 3.63) is 40.5 Å². The van der Waals surface area contributed by atoms with E-state index in [4.69, 9.17) is 0 Å².